The van der Waals surface area contributed by atoms with Crippen molar-refractivity contribution in [2.75, 3.05) is 73.4 Å². The number of benzene rings is 2. The van der Waals surface area contributed by atoms with Crippen LogP contribution in [0, 0.1) is 0 Å². The van der Waals surface area contributed by atoms with Crippen LogP contribution in [0.5, 0.6) is 5.75 Å². The molecule has 6 rings (SSSR count). The molecule has 1 saturated heterocycles. The van der Waals surface area contributed by atoms with Crippen molar-refractivity contribution in [3.05, 3.63) is 72.4 Å². The van der Waals surface area contributed by atoms with Crippen molar-refractivity contribution in [3.63, 3.8) is 0 Å². The summed E-state index contributed by atoms with van der Waals surface area (Å²) < 4.78 is 33.3. The number of amides is 3. The molecule has 1 atom stereocenters. The third-order valence-electron chi connectivity index (χ3n) is 8.55. The van der Waals surface area contributed by atoms with E-state index in [4.69, 9.17) is 4.74 Å². The smallest absolute Gasteiger partial charge is 0.326 e. The van der Waals surface area contributed by atoms with Gasteiger partial charge in [-0.15, -0.1) is 0 Å². The van der Waals surface area contributed by atoms with E-state index in [-0.39, 0.29) is 24.2 Å². The maximum Gasteiger partial charge on any atom is 0.326 e. The van der Waals surface area contributed by atoms with Gasteiger partial charge >= 0.3 is 6.03 Å². The van der Waals surface area contributed by atoms with E-state index < -0.39 is 25.0 Å². The molecule has 0 bridgehead atoms. The zero-order valence-corrected chi connectivity index (χ0v) is 25.3. The zero-order valence-electron chi connectivity index (χ0n) is 25.3. The summed E-state index contributed by atoms with van der Waals surface area (Å²) in [6.07, 6.45) is 0.418. The third kappa shape index (κ3) is 5.99. The largest absolute Gasteiger partial charge is 0.495 e. The number of ether oxygens (including phenoxy) is 1. The molecule has 45 heavy (non-hydrogen) atoms. The molecular weight excluding hydrogens is 582 g/mol. The molecule has 3 aliphatic rings. The highest BCUT2D eigenvalue weighted by Crippen LogP contribution is 2.45. The number of anilines is 5. The summed E-state index contributed by atoms with van der Waals surface area (Å²) in [6.45, 7) is 7.11. The first kappa shape index (κ1) is 30.3. The Balaban J connectivity index is 1.27. The molecule has 3 aliphatic heterocycles. The average Bonchev–Trinajstić information content (AvgIpc) is 3.05. The van der Waals surface area contributed by atoms with Gasteiger partial charge in [-0.2, -0.15) is 4.98 Å². The minimum Gasteiger partial charge on any atom is -0.495 e. The summed E-state index contributed by atoms with van der Waals surface area (Å²) in [5.74, 6) is 0.523. The van der Waals surface area contributed by atoms with Crippen molar-refractivity contribution in [2.24, 2.45) is 0 Å². The Bertz CT molecular complexity index is 1580. The van der Waals surface area contributed by atoms with Gasteiger partial charge in [0.1, 0.15) is 11.6 Å². The van der Waals surface area contributed by atoms with E-state index in [9.17, 15) is 18.4 Å². The lowest BCUT2D eigenvalue weighted by Crippen LogP contribution is -2.52. The number of nitrogens with one attached hydrogen (secondary N) is 1. The number of para-hydroxylation sites is 1. The summed E-state index contributed by atoms with van der Waals surface area (Å²) in [7, 11) is 3.62. The first-order chi connectivity index (χ1) is 21.8. The lowest BCUT2D eigenvalue weighted by molar-refractivity contribution is -0.114. The van der Waals surface area contributed by atoms with Crippen LogP contribution in [0.3, 0.4) is 0 Å². The summed E-state index contributed by atoms with van der Waals surface area (Å²) in [6, 6.07) is 12.2. The number of hydrogen-bond acceptors (Lipinski definition) is 8. The van der Waals surface area contributed by atoms with Gasteiger partial charge in [0, 0.05) is 61.4 Å². The first-order valence-corrected chi connectivity index (χ1v) is 14.9. The van der Waals surface area contributed by atoms with Crippen LogP contribution in [0.2, 0.25) is 0 Å². The maximum absolute atomic E-state index is 13.9. The van der Waals surface area contributed by atoms with E-state index in [1.54, 1.807) is 28.1 Å². The minimum atomic E-state index is -2.78. The van der Waals surface area contributed by atoms with Gasteiger partial charge in [0.25, 0.3) is 6.43 Å². The van der Waals surface area contributed by atoms with Crippen LogP contribution >= 0.6 is 0 Å². The number of methoxy groups -OCH3 is 1. The fourth-order valence-electron chi connectivity index (χ4n) is 6.23. The maximum atomic E-state index is 13.9. The van der Waals surface area contributed by atoms with Crippen molar-refractivity contribution in [1.29, 1.82) is 0 Å². The number of halogens is 2. The predicted octanol–water partition coefficient (Wildman–Crippen LogP) is 4.65. The summed E-state index contributed by atoms with van der Waals surface area (Å²) in [4.78, 5) is 44.4. The van der Waals surface area contributed by atoms with E-state index >= 15 is 0 Å². The molecule has 2 aromatic carbocycles. The van der Waals surface area contributed by atoms with E-state index in [0.29, 0.717) is 35.5 Å². The van der Waals surface area contributed by atoms with Gasteiger partial charge in [-0.1, -0.05) is 18.7 Å². The SMILES string of the molecule is C=CC(=O)N1CCC(N2Cc3cnc(Nc4ccc(N5CCN(C)CC5)cc4)nc3N(CC(F)F)C2=O)c2cccc(OC)c21. The highest BCUT2D eigenvalue weighted by Gasteiger charge is 2.41. The Morgan fingerprint density at radius 1 is 1.13 bits per heavy atom. The molecule has 11 nitrogen and oxygen atoms in total. The van der Waals surface area contributed by atoms with Gasteiger partial charge in [-0.05, 0) is 49.9 Å². The summed E-state index contributed by atoms with van der Waals surface area (Å²) in [5, 5.41) is 3.15. The predicted molar refractivity (Wildman–Crippen MR) is 169 cm³/mol. The molecular formula is C32H36F2N8O3. The number of nitrogens with zero attached hydrogens (tertiary/aromatic N) is 7. The molecule has 1 unspecified atom stereocenters. The quantitative estimate of drug-likeness (QED) is 0.365. The van der Waals surface area contributed by atoms with Gasteiger partial charge in [0.15, 0.2) is 0 Å². The highest BCUT2D eigenvalue weighted by molar-refractivity contribution is 6.03. The standard InChI is InChI=1S/C32H36F2N8O3/c1-4-28(43)40-13-12-25(24-6-5-7-26(45-3)29(24)40)41-19-21-18-35-31(37-30(21)42(32(41)44)20-27(33)34)36-22-8-10-23(11-9-22)39-16-14-38(2)15-17-39/h4-11,18,25,27H,1,12-17,19-20H2,2-3H3,(H,35,36,37). The molecule has 1 aromatic heterocycles. The van der Waals surface area contributed by atoms with E-state index in [2.05, 4.69) is 38.7 Å². The first-order valence-electron chi connectivity index (χ1n) is 14.9. The van der Waals surface area contributed by atoms with Gasteiger partial charge in [-0.3, -0.25) is 9.69 Å². The monoisotopic (exact) mass is 618 g/mol. The Kier molecular flexibility index (Phi) is 8.52. The Morgan fingerprint density at radius 3 is 2.58 bits per heavy atom. The summed E-state index contributed by atoms with van der Waals surface area (Å²) in [5.41, 5.74) is 3.62. The molecule has 0 aliphatic carbocycles. The molecule has 3 aromatic rings. The second-order valence-electron chi connectivity index (χ2n) is 11.3. The normalized spacial score (nSPS) is 18.5. The van der Waals surface area contributed by atoms with Gasteiger partial charge in [-0.25, -0.2) is 18.6 Å². The number of carbonyl (C=O) groups excluding carboxylic acids is 2. The molecule has 3 amide bonds. The molecule has 0 spiro atoms. The number of alkyl halides is 2. The molecule has 0 saturated carbocycles. The number of aromatic nitrogens is 2. The Hall–Kier alpha value is -4.78. The summed E-state index contributed by atoms with van der Waals surface area (Å²) >= 11 is 0. The number of fused-ring (bicyclic) bond motifs is 2. The fraction of sp³-hybridized carbons (Fsp3) is 0.375. The van der Waals surface area contributed by atoms with Crippen LogP contribution < -0.4 is 24.8 Å². The topological polar surface area (TPSA) is 97.4 Å². The van der Waals surface area contributed by atoms with Crippen molar-refractivity contribution >= 4 is 40.8 Å². The molecule has 1 fully saturated rings. The van der Waals surface area contributed by atoms with E-state index in [1.165, 1.54) is 13.2 Å². The van der Waals surface area contributed by atoms with E-state index in [0.717, 1.165) is 42.5 Å². The second-order valence-corrected chi connectivity index (χ2v) is 11.3. The fourth-order valence-corrected chi connectivity index (χ4v) is 6.23. The van der Waals surface area contributed by atoms with Crippen LogP contribution in [-0.4, -0.2) is 91.6 Å². The zero-order chi connectivity index (χ0) is 31.7. The van der Waals surface area contributed by atoms with Crippen molar-refractivity contribution < 1.29 is 23.1 Å². The van der Waals surface area contributed by atoms with Crippen molar-refractivity contribution in [1.82, 2.24) is 19.8 Å². The van der Waals surface area contributed by atoms with Gasteiger partial charge < -0.3 is 29.7 Å². The number of urea groups is 1. The van der Waals surface area contributed by atoms with Crippen LogP contribution in [0.1, 0.15) is 23.6 Å². The average molecular weight is 619 g/mol. The lowest BCUT2D eigenvalue weighted by atomic mass is 9.93. The molecule has 1 N–H and O–H groups in total. The van der Waals surface area contributed by atoms with Gasteiger partial charge in [0.05, 0.1) is 31.9 Å². The van der Waals surface area contributed by atoms with Gasteiger partial charge in [0.2, 0.25) is 11.9 Å². The van der Waals surface area contributed by atoms with Crippen LogP contribution in [0.15, 0.2) is 61.3 Å². The van der Waals surface area contributed by atoms with E-state index in [1.807, 2.05) is 30.3 Å². The van der Waals surface area contributed by atoms with Crippen molar-refractivity contribution in [2.45, 2.75) is 25.4 Å². The number of rotatable bonds is 8. The second kappa shape index (κ2) is 12.7. The van der Waals surface area contributed by atoms with Crippen LogP contribution in [0.4, 0.5) is 42.4 Å². The Morgan fingerprint density at radius 2 is 1.89 bits per heavy atom. The number of likely N-dealkylation sites (N-methyl/N-ethyl adjacent to an activating group) is 1. The molecule has 0 radical (unpaired) electrons. The molecule has 13 heteroatoms. The third-order valence-corrected chi connectivity index (χ3v) is 8.55. The van der Waals surface area contributed by atoms with Crippen LogP contribution in [-0.2, 0) is 11.3 Å². The minimum absolute atomic E-state index is 0.116. The molecule has 236 valence electrons. The highest BCUT2D eigenvalue weighted by atomic mass is 19.3. The number of piperazine rings is 1. The number of hydrogen-bond donors (Lipinski definition) is 1. The van der Waals surface area contributed by atoms with Crippen LogP contribution in [0.25, 0.3) is 0 Å². The Labute approximate surface area is 260 Å². The molecule has 4 heterocycles. The lowest BCUT2D eigenvalue weighted by Gasteiger charge is -2.44. The van der Waals surface area contributed by atoms with Crippen molar-refractivity contribution in [3.8, 4) is 5.75 Å². The number of carbonyl (C=O) groups is 2.